The van der Waals surface area contributed by atoms with Crippen LogP contribution in [0.25, 0.3) is 0 Å². The summed E-state index contributed by atoms with van der Waals surface area (Å²) < 4.78 is 5.38. The van der Waals surface area contributed by atoms with Crippen LogP contribution in [0.2, 0.25) is 0 Å². The molecule has 0 radical (unpaired) electrons. The second kappa shape index (κ2) is 5.77. The van der Waals surface area contributed by atoms with Crippen LogP contribution in [0.1, 0.15) is 25.7 Å². The van der Waals surface area contributed by atoms with Crippen molar-refractivity contribution in [3.05, 3.63) is 0 Å². The normalized spacial score (nSPS) is 20.4. The lowest BCUT2D eigenvalue weighted by Crippen LogP contribution is -2.44. The maximum absolute atomic E-state index is 11.2. The van der Waals surface area contributed by atoms with Crippen LogP contribution < -0.4 is 16.6 Å². The molecule has 5 nitrogen and oxygen atoms in total. The molecular weight excluding hydrogens is 202 g/mol. The number of nitrogens with one attached hydrogen (secondary N) is 2. The third-order valence-corrected chi connectivity index (χ3v) is 2.14. The Labute approximate surface area is 88.3 Å². The number of hydrazine groups is 1. The quantitative estimate of drug-likeness (QED) is 0.451. The van der Waals surface area contributed by atoms with E-state index in [2.05, 4.69) is 23.1 Å². The van der Waals surface area contributed by atoms with E-state index in [4.69, 9.17) is 10.5 Å². The highest BCUT2D eigenvalue weighted by molar-refractivity contribution is 7.80. The SMILES string of the molecule is NC(=S)NNC(=O)CCC1CCCO1. The highest BCUT2D eigenvalue weighted by atomic mass is 32.1. The molecule has 0 aliphatic carbocycles. The van der Waals surface area contributed by atoms with Gasteiger partial charge >= 0.3 is 0 Å². The van der Waals surface area contributed by atoms with Crippen LogP contribution in [0, 0.1) is 0 Å². The first-order valence-electron chi connectivity index (χ1n) is 4.64. The Morgan fingerprint density at radius 1 is 1.57 bits per heavy atom. The van der Waals surface area contributed by atoms with Crippen molar-refractivity contribution in [1.82, 2.24) is 10.9 Å². The Morgan fingerprint density at radius 3 is 2.93 bits per heavy atom. The molecule has 0 aromatic carbocycles. The lowest BCUT2D eigenvalue weighted by Gasteiger charge is -2.09. The predicted molar refractivity (Wildman–Crippen MR) is 56.3 cm³/mol. The summed E-state index contributed by atoms with van der Waals surface area (Å²) in [6.07, 6.45) is 3.57. The van der Waals surface area contributed by atoms with Crippen molar-refractivity contribution in [3.8, 4) is 0 Å². The van der Waals surface area contributed by atoms with Gasteiger partial charge in [-0.1, -0.05) is 0 Å². The minimum Gasteiger partial charge on any atom is -0.378 e. The minimum absolute atomic E-state index is 0.0652. The van der Waals surface area contributed by atoms with Crippen LogP contribution >= 0.6 is 12.2 Å². The van der Waals surface area contributed by atoms with E-state index in [1.54, 1.807) is 0 Å². The third-order valence-electron chi connectivity index (χ3n) is 2.04. The van der Waals surface area contributed by atoms with E-state index in [0.717, 1.165) is 25.9 Å². The highest BCUT2D eigenvalue weighted by Crippen LogP contribution is 2.16. The molecule has 1 amide bonds. The summed E-state index contributed by atoms with van der Waals surface area (Å²) in [4.78, 5) is 11.2. The number of carbonyl (C=O) groups is 1. The average molecular weight is 217 g/mol. The number of hydrogen-bond donors (Lipinski definition) is 3. The van der Waals surface area contributed by atoms with Crippen LogP contribution in [0.5, 0.6) is 0 Å². The van der Waals surface area contributed by atoms with Crippen molar-refractivity contribution in [2.75, 3.05) is 6.61 Å². The molecule has 1 rings (SSSR count). The van der Waals surface area contributed by atoms with Gasteiger partial charge in [0.15, 0.2) is 5.11 Å². The van der Waals surface area contributed by atoms with Gasteiger partial charge in [0.25, 0.3) is 0 Å². The Kier molecular flexibility index (Phi) is 4.61. The second-order valence-corrected chi connectivity index (χ2v) is 3.65. The maximum Gasteiger partial charge on any atom is 0.238 e. The van der Waals surface area contributed by atoms with E-state index in [9.17, 15) is 4.79 Å². The molecule has 14 heavy (non-hydrogen) atoms. The summed E-state index contributed by atoms with van der Waals surface area (Å²) in [5, 5.41) is 0.0652. The highest BCUT2D eigenvalue weighted by Gasteiger charge is 2.16. The average Bonchev–Trinajstić information content (AvgIpc) is 2.63. The van der Waals surface area contributed by atoms with E-state index in [-0.39, 0.29) is 17.1 Å². The van der Waals surface area contributed by atoms with Gasteiger partial charge in [0.1, 0.15) is 0 Å². The van der Waals surface area contributed by atoms with Crippen LogP contribution in [0.15, 0.2) is 0 Å². The first kappa shape index (κ1) is 11.2. The van der Waals surface area contributed by atoms with Crippen molar-refractivity contribution < 1.29 is 9.53 Å². The van der Waals surface area contributed by atoms with E-state index in [1.807, 2.05) is 0 Å². The van der Waals surface area contributed by atoms with Gasteiger partial charge in [0.05, 0.1) is 6.10 Å². The molecule has 80 valence electrons. The largest absolute Gasteiger partial charge is 0.378 e. The fourth-order valence-corrected chi connectivity index (χ4v) is 1.41. The Morgan fingerprint density at radius 2 is 2.36 bits per heavy atom. The molecule has 1 fully saturated rings. The van der Waals surface area contributed by atoms with E-state index in [1.165, 1.54) is 0 Å². The fraction of sp³-hybridized carbons (Fsp3) is 0.750. The number of carbonyl (C=O) groups excluding carboxylic acids is 1. The van der Waals surface area contributed by atoms with Gasteiger partial charge in [-0.25, -0.2) is 0 Å². The van der Waals surface area contributed by atoms with E-state index >= 15 is 0 Å². The Bertz CT molecular complexity index is 217. The number of thiocarbonyl (C=S) groups is 1. The van der Waals surface area contributed by atoms with Gasteiger partial charge in [-0.2, -0.15) is 0 Å². The van der Waals surface area contributed by atoms with Crippen LogP contribution in [0.4, 0.5) is 0 Å². The molecule has 6 heteroatoms. The van der Waals surface area contributed by atoms with Crippen LogP contribution in [0.3, 0.4) is 0 Å². The monoisotopic (exact) mass is 217 g/mol. The first-order chi connectivity index (χ1) is 6.68. The molecule has 0 aromatic heterocycles. The van der Waals surface area contributed by atoms with Gasteiger partial charge in [0.2, 0.25) is 5.91 Å². The summed E-state index contributed by atoms with van der Waals surface area (Å²) in [5.74, 6) is -0.117. The van der Waals surface area contributed by atoms with E-state index in [0.29, 0.717) is 6.42 Å². The molecule has 0 spiro atoms. The molecule has 0 saturated carbocycles. The number of hydrogen-bond acceptors (Lipinski definition) is 3. The van der Waals surface area contributed by atoms with Gasteiger partial charge in [-0.15, -0.1) is 0 Å². The van der Waals surface area contributed by atoms with Crippen molar-refractivity contribution in [1.29, 1.82) is 0 Å². The molecule has 1 heterocycles. The van der Waals surface area contributed by atoms with Crippen molar-refractivity contribution in [2.24, 2.45) is 5.73 Å². The van der Waals surface area contributed by atoms with Gasteiger partial charge in [-0.05, 0) is 31.5 Å². The molecule has 1 aliphatic rings. The fourth-order valence-electron chi connectivity index (χ4n) is 1.36. The van der Waals surface area contributed by atoms with Crippen LogP contribution in [-0.2, 0) is 9.53 Å². The van der Waals surface area contributed by atoms with Crippen molar-refractivity contribution >= 4 is 23.2 Å². The molecule has 0 aromatic rings. The molecule has 1 aliphatic heterocycles. The molecular formula is C8H15N3O2S. The first-order valence-corrected chi connectivity index (χ1v) is 5.05. The summed E-state index contributed by atoms with van der Waals surface area (Å²) in [7, 11) is 0. The number of amides is 1. The van der Waals surface area contributed by atoms with Gasteiger partial charge in [0, 0.05) is 13.0 Å². The summed E-state index contributed by atoms with van der Waals surface area (Å²) in [6.45, 7) is 0.817. The third kappa shape index (κ3) is 4.38. The van der Waals surface area contributed by atoms with Crippen molar-refractivity contribution in [3.63, 3.8) is 0 Å². The number of rotatable bonds is 3. The van der Waals surface area contributed by atoms with Gasteiger partial charge in [-0.3, -0.25) is 15.6 Å². The summed E-state index contributed by atoms with van der Waals surface area (Å²) in [6, 6.07) is 0. The van der Waals surface area contributed by atoms with E-state index < -0.39 is 0 Å². The smallest absolute Gasteiger partial charge is 0.238 e. The predicted octanol–water partition coefficient (Wildman–Crippen LogP) is -0.190. The molecule has 1 saturated heterocycles. The molecule has 1 atom stereocenters. The zero-order chi connectivity index (χ0) is 10.4. The number of nitrogens with two attached hydrogens (primary N) is 1. The van der Waals surface area contributed by atoms with Crippen molar-refractivity contribution in [2.45, 2.75) is 31.8 Å². The maximum atomic E-state index is 11.2. The standard InChI is InChI=1S/C8H15N3O2S/c9-8(14)11-10-7(12)4-3-6-2-1-5-13-6/h6H,1-5H2,(H,10,12)(H3,9,11,14). The molecule has 0 bridgehead atoms. The zero-order valence-electron chi connectivity index (χ0n) is 7.91. The Balaban J connectivity index is 2.05. The minimum atomic E-state index is -0.117. The van der Waals surface area contributed by atoms with Gasteiger partial charge < -0.3 is 10.5 Å². The second-order valence-electron chi connectivity index (χ2n) is 3.21. The zero-order valence-corrected chi connectivity index (χ0v) is 8.73. The lowest BCUT2D eigenvalue weighted by molar-refractivity contribution is -0.122. The molecule has 4 N–H and O–H groups in total. The Hall–Kier alpha value is -0.880. The molecule has 1 unspecified atom stereocenters. The summed E-state index contributed by atoms with van der Waals surface area (Å²) in [5.41, 5.74) is 9.92. The number of ether oxygens (including phenoxy) is 1. The topological polar surface area (TPSA) is 76.4 Å². The van der Waals surface area contributed by atoms with Crippen LogP contribution in [-0.4, -0.2) is 23.7 Å². The summed E-state index contributed by atoms with van der Waals surface area (Å²) >= 11 is 4.53. The lowest BCUT2D eigenvalue weighted by atomic mass is 10.1.